The Morgan fingerprint density at radius 3 is 2.53 bits per heavy atom. The smallest absolute Gasteiger partial charge is 0.222 e. The Kier molecular flexibility index (Phi) is 4.83. The molecule has 0 atom stereocenters. The van der Waals surface area contributed by atoms with Crippen LogP contribution in [0.1, 0.15) is 12.8 Å². The monoisotopic (exact) mass is 209 g/mol. The molecule has 3 N–H and O–H groups in total. The number of nitrogens with two attached hydrogens (primary N) is 1. The number of rotatable bonds is 6. The SMILES string of the molecule is CN(C)CCCCNc1ncc(N)cn1. The van der Waals surface area contributed by atoms with Gasteiger partial charge in [0.25, 0.3) is 0 Å². The first-order valence-corrected chi connectivity index (χ1v) is 5.14. The van der Waals surface area contributed by atoms with Crippen LogP contribution < -0.4 is 11.1 Å². The summed E-state index contributed by atoms with van der Waals surface area (Å²) in [5, 5.41) is 3.15. The van der Waals surface area contributed by atoms with E-state index in [-0.39, 0.29) is 0 Å². The minimum atomic E-state index is 0.591. The molecule has 0 spiro atoms. The topological polar surface area (TPSA) is 67.1 Å². The minimum absolute atomic E-state index is 0.591. The van der Waals surface area contributed by atoms with Crippen LogP contribution in [0.15, 0.2) is 12.4 Å². The minimum Gasteiger partial charge on any atom is -0.396 e. The normalized spacial score (nSPS) is 10.6. The molecule has 0 saturated heterocycles. The van der Waals surface area contributed by atoms with E-state index in [4.69, 9.17) is 5.73 Å². The maximum Gasteiger partial charge on any atom is 0.222 e. The average molecular weight is 209 g/mol. The van der Waals surface area contributed by atoms with Crippen LogP contribution in [0, 0.1) is 0 Å². The van der Waals surface area contributed by atoms with Crippen molar-refractivity contribution in [3.05, 3.63) is 12.4 Å². The van der Waals surface area contributed by atoms with Crippen LogP contribution in [0.5, 0.6) is 0 Å². The van der Waals surface area contributed by atoms with E-state index in [0.717, 1.165) is 19.5 Å². The van der Waals surface area contributed by atoms with Gasteiger partial charge in [-0.15, -0.1) is 0 Å². The summed E-state index contributed by atoms with van der Waals surface area (Å²) in [5.41, 5.74) is 6.07. The summed E-state index contributed by atoms with van der Waals surface area (Å²) in [5.74, 6) is 0.647. The third kappa shape index (κ3) is 5.17. The highest BCUT2D eigenvalue weighted by Gasteiger charge is 1.95. The molecule has 84 valence electrons. The molecule has 0 aliphatic carbocycles. The third-order valence-corrected chi connectivity index (χ3v) is 1.99. The average Bonchev–Trinajstić information content (AvgIpc) is 2.20. The highest BCUT2D eigenvalue weighted by molar-refractivity contribution is 5.35. The lowest BCUT2D eigenvalue weighted by Crippen LogP contribution is -2.14. The predicted octanol–water partition coefficient (Wildman–Crippen LogP) is 0.812. The fraction of sp³-hybridized carbons (Fsp3) is 0.600. The van der Waals surface area contributed by atoms with E-state index in [1.807, 2.05) is 0 Å². The van der Waals surface area contributed by atoms with Gasteiger partial charge in [-0.1, -0.05) is 0 Å². The van der Waals surface area contributed by atoms with Crippen molar-refractivity contribution in [2.45, 2.75) is 12.8 Å². The number of nitrogens with one attached hydrogen (secondary N) is 1. The largest absolute Gasteiger partial charge is 0.396 e. The lowest BCUT2D eigenvalue weighted by molar-refractivity contribution is 0.396. The van der Waals surface area contributed by atoms with Crippen molar-refractivity contribution >= 4 is 11.6 Å². The van der Waals surface area contributed by atoms with Crippen LogP contribution >= 0.6 is 0 Å². The first-order chi connectivity index (χ1) is 7.18. The van der Waals surface area contributed by atoms with Gasteiger partial charge < -0.3 is 16.0 Å². The Morgan fingerprint density at radius 1 is 1.27 bits per heavy atom. The molecule has 5 nitrogen and oxygen atoms in total. The maximum atomic E-state index is 5.48. The van der Waals surface area contributed by atoms with Gasteiger partial charge in [0.2, 0.25) is 5.95 Å². The molecule has 5 heteroatoms. The van der Waals surface area contributed by atoms with Crippen LogP contribution in [-0.2, 0) is 0 Å². The lowest BCUT2D eigenvalue weighted by atomic mass is 10.3. The van der Waals surface area contributed by atoms with Gasteiger partial charge in [0.15, 0.2) is 0 Å². The molecule has 0 amide bonds. The van der Waals surface area contributed by atoms with E-state index in [9.17, 15) is 0 Å². The summed E-state index contributed by atoms with van der Waals surface area (Å²) >= 11 is 0. The van der Waals surface area contributed by atoms with Gasteiger partial charge in [-0.25, -0.2) is 9.97 Å². The number of nitrogens with zero attached hydrogens (tertiary/aromatic N) is 3. The van der Waals surface area contributed by atoms with Gasteiger partial charge in [-0.2, -0.15) is 0 Å². The summed E-state index contributed by atoms with van der Waals surface area (Å²) in [6.07, 6.45) is 5.51. The van der Waals surface area contributed by atoms with Gasteiger partial charge in [-0.05, 0) is 33.5 Å². The van der Waals surface area contributed by atoms with Crippen molar-refractivity contribution in [2.24, 2.45) is 0 Å². The standard InChI is InChI=1S/C10H19N5/c1-15(2)6-4-3-5-12-10-13-7-9(11)8-14-10/h7-8H,3-6,11H2,1-2H3,(H,12,13,14). The fourth-order valence-electron chi connectivity index (χ4n) is 1.18. The van der Waals surface area contributed by atoms with E-state index < -0.39 is 0 Å². The second kappa shape index (κ2) is 6.19. The first-order valence-electron chi connectivity index (χ1n) is 5.14. The van der Waals surface area contributed by atoms with Crippen molar-refractivity contribution < 1.29 is 0 Å². The molecule has 0 fully saturated rings. The molecule has 0 saturated carbocycles. The van der Waals surface area contributed by atoms with E-state index >= 15 is 0 Å². The molecule has 1 rings (SSSR count). The van der Waals surface area contributed by atoms with Crippen LogP contribution in [0.25, 0.3) is 0 Å². The van der Waals surface area contributed by atoms with Gasteiger partial charge in [0.1, 0.15) is 0 Å². The zero-order valence-electron chi connectivity index (χ0n) is 9.40. The highest BCUT2D eigenvalue weighted by atomic mass is 15.1. The van der Waals surface area contributed by atoms with Gasteiger partial charge >= 0.3 is 0 Å². The molecule has 15 heavy (non-hydrogen) atoms. The number of hydrogen-bond donors (Lipinski definition) is 2. The predicted molar refractivity (Wildman–Crippen MR) is 62.7 cm³/mol. The number of hydrogen-bond acceptors (Lipinski definition) is 5. The highest BCUT2D eigenvalue weighted by Crippen LogP contribution is 2.01. The lowest BCUT2D eigenvalue weighted by Gasteiger charge is -2.09. The number of aromatic nitrogens is 2. The third-order valence-electron chi connectivity index (χ3n) is 1.99. The maximum absolute atomic E-state index is 5.48. The molecule has 1 aromatic heterocycles. The number of nitrogen functional groups attached to an aromatic ring is 1. The van der Waals surface area contributed by atoms with Crippen molar-refractivity contribution in [3.63, 3.8) is 0 Å². The Morgan fingerprint density at radius 2 is 1.93 bits per heavy atom. The molecule has 1 aromatic rings. The van der Waals surface area contributed by atoms with Crippen molar-refractivity contribution in [3.8, 4) is 0 Å². The van der Waals surface area contributed by atoms with E-state index in [2.05, 4.69) is 34.3 Å². The summed E-state index contributed by atoms with van der Waals surface area (Å²) in [6.45, 7) is 2.02. The number of anilines is 2. The van der Waals surface area contributed by atoms with E-state index in [0.29, 0.717) is 11.6 Å². The first kappa shape index (κ1) is 11.7. The zero-order chi connectivity index (χ0) is 11.1. The van der Waals surface area contributed by atoms with Crippen LogP contribution in [0.4, 0.5) is 11.6 Å². The van der Waals surface area contributed by atoms with Gasteiger partial charge in [0.05, 0.1) is 18.1 Å². The summed E-state index contributed by atoms with van der Waals surface area (Å²) in [4.78, 5) is 10.3. The van der Waals surface area contributed by atoms with Crippen LogP contribution in [-0.4, -0.2) is 42.1 Å². The van der Waals surface area contributed by atoms with Crippen LogP contribution in [0.3, 0.4) is 0 Å². The molecule has 0 aliphatic rings. The summed E-state index contributed by atoms with van der Waals surface area (Å²) in [6, 6.07) is 0. The van der Waals surface area contributed by atoms with E-state index in [1.165, 1.54) is 6.42 Å². The van der Waals surface area contributed by atoms with Gasteiger partial charge in [-0.3, -0.25) is 0 Å². The molecule has 0 bridgehead atoms. The molecule has 0 radical (unpaired) electrons. The molecule has 0 unspecified atom stereocenters. The molecule has 0 aromatic carbocycles. The molecular weight excluding hydrogens is 190 g/mol. The molecule has 1 heterocycles. The van der Waals surface area contributed by atoms with Crippen LogP contribution in [0.2, 0.25) is 0 Å². The Labute approximate surface area is 90.7 Å². The van der Waals surface area contributed by atoms with Gasteiger partial charge in [0, 0.05) is 6.54 Å². The summed E-state index contributed by atoms with van der Waals surface area (Å²) < 4.78 is 0. The molecular formula is C10H19N5. The quantitative estimate of drug-likeness (QED) is 0.679. The van der Waals surface area contributed by atoms with Crippen molar-refractivity contribution in [1.29, 1.82) is 0 Å². The zero-order valence-corrected chi connectivity index (χ0v) is 9.40. The van der Waals surface area contributed by atoms with Crippen molar-refractivity contribution in [1.82, 2.24) is 14.9 Å². The molecule has 0 aliphatic heterocycles. The number of unbranched alkanes of at least 4 members (excludes halogenated alkanes) is 1. The van der Waals surface area contributed by atoms with Crippen molar-refractivity contribution in [2.75, 3.05) is 38.2 Å². The Balaban J connectivity index is 2.12. The second-order valence-corrected chi connectivity index (χ2v) is 3.78. The Bertz CT molecular complexity index is 270. The van der Waals surface area contributed by atoms with E-state index in [1.54, 1.807) is 12.4 Å². The Hall–Kier alpha value is -1.36. The summed E-state index contributed by atoms with van der Waals surface area (Å²) in [7, 11) is 4.16. The fourth-order valence-corrected chi connectivity index (χ4v) is 1.18. The second-order valence-electron chi connectivity index (χ2n) is 3.78.